The molecule has 16 heteroatoms. The lowest BCUT2D eigenvalue weighted by Gasteiger charge is -2.34. The SMILES string of the molecule is C#Cc1c(F)ccc2cccc(-c3ncc4c(N5C[C@H]6CC[C@@H](C5)N6)nc(OC[C@]56CCCN5C[C@H](OCc5cccc(S(=O)(=O)n7cnc(C8CC8)n7)c5)C6)nc4c3F)c12. The Labute approximate surface area is 351 Å². The van der Waals surface area contributed by atoms with E-state index in [0.717, 1.165) is 54.7 Å². The molecule has 13 nitrogen and oxygen atoms in total. The first kappa shape index (κ1) is 38.3. The molecular formula is C45H43F2N9O4S. The van der Waals surface area contributed by atoms with E-state index >= 15 is 4.39 Å². The molecule has 2 bridgehead atoms. The summed E-state index contributed by atoms with van der Waals surface area (Å²) < 4.78 is 72.9. The molecule has 5 aliphatic rings. The van der Waals surface area contributed by atoms with Crippen molar-refractivity contribution in [3.05, 3.63) is 95.7 Å². The summed E-state index contributed by atoms with van der Waals surface area (Å²) in [5, 5.41) is 9.45. The summed E-state index contributed by atoms with van der Waals surface area (Å²) in [6, 6.07) is 15.6. The Morgan fingerprint density at radius 3 is 2.64 bits per heavy atom. The van der Waals surface area contributed by atoms with Gasteiger partial charge in [-0.05, 0) is 80.6 Å². The molecule has 5 fully saturated rings. The van der Waals surface area contributed by atoms with Crippen LogP contribution in [0.25, 0.3) is 32.9 Å². The number of ether oxygens (including phenoxy) is 2. The Morgan fingerprint density at radius 1 is 0.984 bits per heavy atom. The van der Waals surface area contributed by atoms with E-state index in [1.54, 1.807) is 42.6 Å². The van der Waals surface area contributed by atoms with Crippen molar-refractivity contribution in [1.82, 2.24) is 39.3 Å². The van der Waals surface area contributed by atoms with Crippen molar-refractivity contribution in [3.8, 4) is 29.6 Å². The fourth-order valence-corrected chi connectivity index (χ4v) is 11.1. The van der Waals surface area contributed by atoms with Gasteiger partial charge in [-0.15, -0.1) is 15.6 Å². The highest BCUT2D eigenvalue weighted by Gasteiger charge is 2.50. The summed E-state index contributed by atoms with van der Waals surface area (Å²) in [6.45, 7) is 3.47. The van der Waals surface area contributed by atoms with Gasteiger partial charge in [-0.1, -0.05) is 42.3 Å². The number of halogens is 2. The molecule has 0 spiro atoms. The molecule has 6 aromatic rings. The zero-order valence-corrected chi connectivity index (χ0v) is 34.1. The molecule has 1 N–H and O–H groups in total. The van der Waals surface area contributed by atoms with Gasteiger partial charge in [-0.2, -0.15) is 18.4 Å². The van der Waals surface area contributed by atoms with Gasteiger partial charge in [-0.3, -0.25) is 9.88 Å². The van der Waals surface area contributed by atoms with E-state index in [2.05, 4.69) is 36.1 Å². The van der Waals surface area contributed by atoms with Gasteiger partial charge >= 0.3 is 6.01 Å². The second-order valence-electron chi connectivity index (χ2n) is 17.1. The molecule has 0 amide bonds. The number of benzene rings is 3. The van der Waals surface area contributed by atoms with E-state index in [9.17, 15) is 12.8 Å². The Bertz CT molecular complexity index is 2870. The maximum absolute atomic E-state index is 17.1. The van der Waals surface area contributed by atoms with Gasteiger partial charge < -0.3 is 19.7 Å². The number of terminal acetylenes is 1. The third-order valence-electron chi connectivity index (χ3n) is 13.2. The van der Waals surface area contributed by atoms with Gasteiger partial charge in [0.1, 0.15) is 35.8 Å². The van der Waals surface area contributed by atoms with Crippen LogP contribution >= 0.6 is 0 Å². The third kappa shape index (κ3) is 6.78. The number of piperazine rings is 1. The van der Waals surface area contributed by atoms with E-state index in [1.807, 2.05) is 12.1 Å². The summed E-state index contributed by atoms with van der Waals surface area (Å²) in [5.41, 5.74) is 0.877. The molecular weight excluding hydrogens is 801 g/mol. The predicted molar refractivity (Wildman–Crippen MR) is 224 cm³/mol. The van der Waals surface area contributed by atoms with Crippen molar-refractivity contribution in [1.29, 1.82) is 0 Å². The number of nitrogens with zero attached hydrogens (tertiary/aromatic N) is 8. The number of fused-ring (bicyclic) bond motifs is 5. The molecule has 1 saturated carbocycles. The molecule has 4 saturated heterocycles. The van der Waals surface area contributed by atoms with E-state index in [0.29, 0.717) is 71.5 Å². The van der Waals surface area contributed by atoms with E-state index in [1.165, 1.54) is 12.4 Å². The number of hydrogen-bond acceptors (Lipinski definition) is 12. The van der Waals surface area contributed by atoms with Gasteiger partial charge in [0, 0.05) is 54.8 Å². The zero-order chi connectivity index (χ0) is 41.5. The average Bonchev–Trinajstić information content (AvgIpc) is 3.53. The van der Waals surface area contributed by atoms with Gasteiger partial charge in [-0.25, -0.2) is 13.8 Å². The first-order valence-electron chi connectivity index (χ1n) is 21.0. The predicted octanol–water partition coefficient (Wildman–Crippen LogP) is 5.95. The number of rotatable bonds is 11. The molecule has 0 radical (unpaired) electrons. The number of anilines is 1. The molecule has 312 valence electrons. The third-order valence-corrected chi connectivity index (χ3v) is 14.7. The minimum absolute atomic E-state index is 0.0109. The molecule has 0 unspecified atom stereocenters. The minimum atomic E-state index is -3.90. The number of nitrogens with one attached hydrogen (secondary N) is 1. The average molecular weight is 844 g/mol. The Hall–Kier alpha value is -5.60. The highest BCUT2D eigenvalue weighted by atomic mass is 32.2. The molecule has 11 rings (SSSR count). The molecule has 4 atom stereocenters. The van der Waals surface area contributed by atoms with E-state index < -0.39 is 21.7 Å². The zero-order valence-electron chi connectivity index (χ0n) is 33.3. The summed E-state index contributed by atoms with van der Waals surface area (Å²) >= 11 is 0. The topological polar surface area (TPSA) is 140 Å². The second kappa shape index (κ2) is 14.8. The van der Waals surface area contributed by atoms with Crippen LogP contribution in [0.15, 0.2) is 72.0 Å². The summed E-state index contributed by atoms with van der Waals surface area (Å²) in [5.74, 6) is 2.59. The maximum atomic E-state index is 17.1. The Morgan fingerprint density at radius 2 is 1.82 bits per heavy atom. The lowest BCUT2D eigenvalue weighted by Crippen LogP contribution is -2.51. The lowest BCUT2D eigenvalue weighted by molar-refractivity contribution is 0.0439. The van der Waals surface area contributed by atoms with Crippen LogP contribution in [0.3, 0.4) is 0 Å². The summed E-state index contributed by atoms with van der Waals surface area (Å²) in [7, 11) is -3.90. The fourth-order valence-electron chi connectivity index (χ4n) is 9.98. The van der Waals surface area contributed by atoms with Gasteiger partial charge in [0.25, 0.3) is 10.0 Å². The van der Waals surface area contributed by atoms with E-state index in [4.69, 9.17) is 25.9 Å². The van der Waals surface area contributed by atoms with Crippen molar-refractivity contribution in [3.63, 3.8) is 0 Å². The quantitative estimate of drug-likeness (QED) is 0.154. The highest BCUT2D eigenvalue weighted by Crippen LogP contribution is 2.42. The van der Waals surface area contributed by atoms with Crippen LogP contribution in [-0.2, 0) is 21.4 Å². The molecule has 3 aromatic heterocycles. The van der Waals surface area contributed by atoms with E-state index in [-0.39, 0.29) is 58.5 Å². The van der Waals surface area contributed by atoms with Crippen molar-refractivity contribution >= 4 is 37.5 Å². The van der Waals surface area contributed by atoms with Crippen molar-refractivity contribution < 1.29 is 26.7 Å². The van der Waals surface area contributed by atoms with Crippen LogP contribution in [-0.4, -0.2) is 99.0 Å². The first-order chi connectivity index (χ1) is 29.7. The lowest BCUT2D eigenvalue weighted by atomic mass is 9.94. The van der Waals surface area contributed by atoms with Crippen molar-refractivity contribution in [2.24, 2.45) is 0 Å². The van der Waals surface area contributed by atoms with Crippen LogP contribution in [0.4, 0.5) is 14.6 Å². The maximum Gasteiger partial charge on any atom is 0.319 e. The molecule has 3 aromatic carbocycles. The second-order valence-corrected chi connectivity index (χ2v) is 18.9. The Kier molecular flexibility index (Phi) is 9.30. The van der Waals surface area contributed by atoms with Crippen LogP contribution in [0.5, 0.6) is 6.01 Å². The van der Waals surface area contributed by atoms with Crippen LogP contribution in [0.2, 0.25) is 0 Å². The molecule has 1 aliphatic carbocycles. The molecule has 61 heavy (non-hydrogen) atoms. The number of pyridine rings is 1. The highest BCUT2D eigenvalue weighted by molar-refractivity contribution is 7.89. The number of aromatic nitrogens is 6. The van der Waals surface area contributed by atoms with Gasteiger partial charge in [0.2, 0.25) is 0 Å². The van der Waals surface area contributed by atoms with Gasteiger partial charge in [0.15, 0.2) is 11.6 Å². The largest absolute Gasteiger partial charge is 0.461 e. The monoisotopic (exact) mass is 843 g/mol. The number of hydrogen-bond donors (Lipinski definition) is 1. The van der Waals surface area contributed by atoms with Crippen molar-refractivity contribution in [2.45, 2.75) is 86.1 Å². The van der Waals surface area contributed by atoms with Crippen LogP contribution < -0.4 is 15.0 Å². The molecule has 4 aliphatic heterocycles. The Balaban J connectivity index is 0.864. The molecule has 7 heterocycles. The normalized spacial score (nSPS) is 23.8. The fraction of sp³-hybridized carbons (Fsp3) is 0.400. The van der Waals surface area contributed by atoms with Crippen LogP contribution in [0, 0.1) is 24.0 Å². The van der Waals surface area contributed by atoms with Crippen molar-refractivity contribution in [2.75, 3.05) is 37.7 Å². The summed E-state index contributed by atoms with van der Waals surface area (Å²) in [6.07, 6.45) is 15.1. The first-order valence-corrected chi connectivity index (χ1v) is 22.4. The summed E-state index contributed by atoms with van der Waals surface area (Å²) in [4.78, 5) is 23.2. The minimum Gasteiger partial charge on any atom is -0.461 e. The standard InChI is InChI=1S/C45H43F2N9O4S/c1-2-34-37(46)15-12-28-7-4-9-35(38(28)34)40-39(47)41-36(20-48-40)43(54-21-30-13-14-31(22-54)50-30)52-44(51-41)60-25-45-16-5-17-55(45)23-32(19-45)59-24-27-6-3-8-33(18-27)61(57,58)56-26-49-42(53-56)29-10-11-29/h1,3-4,6-9,12,15,18,20,26,29-32,50H,5,10-11,13-14,16-17,19,21-25H2/t30-,31+,32-,45-/m1/s1. The van der Waals surface area contributed by atoms with Crippen LogP contribution in [0.1, 0.15) is 67.8 Å². The smallest absolute Gasteiger partial charge is 0.319 e. The van der Waals surface area contributed by atoms with Gasteiger partial charge in [0.05, 0.1) is 34.1 Å².